The van der Waals surface area contributed by atoms with E-state index in [4.69, 9.17) is 0 Å². The Hall–Kier alpha value is -3.06. The van der Waals surface area contributed by atoms with E-state index in [0.717, 1.165) is 10.4 Å². The number of carbonyl (C=O) groups is 2. The lowest BCUT2D eigenvalue weighted by Crippen LogP contribution is -2.15. The van der Waals surface area contributed by atoms with Crippen LogP contribution in [0.1, 0.15) is 16.9 Å². The molecule has 0 unspecified atom stereocenters. The highest BCUT2D eigenvalue weighted by atomic mass is 32.1. The van der Waals surface area contributed by atoms with Crippen molar-refractivity contribution in [2.24, 2.45) is 0 Å². The Morgan fingerprint density at radius 1 is 1.00 bits per heavy atom. The summed E-state index contributed by atoms with van der Waals surface area (Å²) in [6.07, 6.45) is 2.71. The second kappa shape index (κ2) is 9.05. The summed E-state index contributed by atoms with van der Waals surface area (Å²) in [4.78, 5) is 29.3. The highest BCUT2D eigenvalue weighted by Crippen LogP contribution is 2.13. The number of anilines is 2. The lowest BCUT2D eigenvalue weighted by molar-refractivity contribution is -0.116. The zero-order chi connectivity index (χ0) is 19.1. The van der Waals surface area contributed by atoms with Gasteiger partial charge in [0, 0.05) is 11.3 Å². The number of rotatable bonds is 7. The molecule has 0 aliphatic heterocycles. The Bertz CT molecular complexity index is 894. The van der Waals surface area contributed by atoms with Gasteiger partial charge in [0.15, 0.2) is 0 Å². The molecular formula is C20H18FN3O2S. The molecule has 0 saturated carbocycles. The second-order valence-corrected chi connectivity index (χ2v) is 6.94. The van der Waals surface area contributed by atoms with Crippen LogP contribution in [0, 0.1) is 5.82 Å². The maximum absolute atomic E-state index is 12.9. The number of halogens is 1. The minimum Gasteiger partial charge on any atom is -0.324 e. The Kier molecular flexibility index (Phi) is 6.27. The normalized spacial score (nSPS) is 10.4. The van der Waals surface area contributed by atoms with Crippen molar-refractivity contribution in [3.63, 3.8) is 0 Å². The van der Waals surface area contributed by atoms with Gasteiger partial charge in [0.25, 0.3) is 0 Å². The van der Waals surface area contributed by atoms with Gasteiger partial charge in [-0.05, 0) is 47.7 Å². The van der Waals surface area contributed by atoms with Crippen LogP contribution in [0.25, 0.3) is 0 Å². The van der Waals surface area contributed by atoms with E-state index in [-0.39, 0.29) is 24.1 Å². The first-order valence-electron chi connectivity index (χ1n) is 8.41. The van der Waals surface area contributed by atoms with Gasteiger partial charge in [-0.25, -0.2) is 9.37 Å². The molecule has 2 N–H and O–H groups in total. The fourth-order valence-electron chi connectivity index (χ4n) is 2.43. The average Bonchev–Trinajstić information content (AvgIpc) is 3.17. The molecule has 0 bridgehead atoms. The minimum absolute atomic E-state index is 0.107. The number of nitrogens with one attached hydrogen (secondary N) is 2. The van der Waals surface area contributed by atoms with Crippen LogP contribution in [0.3, 0.4) is 0 Å². The predicted octanol–water partition coefficient (Wildman–Crippen LogP) is 4.03. The van der Waals surface area contributed by atoms with Crippen molar-refractivity contribution in [3.8, 4) is 0 Å². The lowest BCUT2D eigenvalue weighted by atomic mass is 10.1. The summed E-state index contributed by atoms with van der Waals surface area (Å²) in [5.41, 5.74) is 1.25. The molecule has 2 amide bonds. The van der Waals surface area contributed by atoms with Gasteiger partial charge in [-0.2, -0.15) is 0 Å². The maximum atomic E-state index is 12.9. The van der Waals surface area contributed by atoms with E-state index in [1.807, 2.05) is 17.5 Å². The molecule has 7 heteroatoms. The van der Waals surface area contributed by atoms with E-state index in [2.05, 4.69) is 15.6 Å². The molecule has 3 aromatic rings. The van der Waals surface area contributed by atoms with Gasteiger partial charge in [0.2, 0.25) is 11.8 Å². The second-order valence-electron chi connectivity index (χ2n) is 5.91. The number of aryl methyl sites for hydroxylation is 1. The summed E-state index contributed by atoms with van der Waals surface area (Å²) in [6.45, 7) is 0. The smallest absolute Gasteiger partial charge is 0.228 e. The molecule has 0 saturated heterocycles. The number of carbonyl (C=O) groups excluding carboxylic acids is 2. The largest absolute Gasteiger partial charge is 0.324 e. The minimum atomic E-state index is -0.337. The zero-order valence-corrected chi connectivity index (χ0v) is 15.3. The number of thiophene rings is 1. The summed E-state index contributed by atoms with van der Waals surface area (Å²) in [6, 6.07) is 13.0. The van der Waals surface area contributed by atoms with Gasteiger partial charge < -0.3 is 10.6 Å². The number of aromatic nitrogens is 1. The third-order valence-corrected chi connectivity index (χ3v) is 4.71. The van der Waals surface area contributed by atoms with Gasteiger partial charge in [0.1, 0.15) is 11.6 Å². The van der Waals surface area contributed by atoms with Crippen molar-refractivity contribution in [3.05, 3.63) is 76.4 Å². The number of hydrogen-bond donors (Lipinski definition) is 2. The van der Waals surface area contributed by atoms with Crippen molar-refractivity contribution in [2.75, 3.05) is 10.6 Å². The fraction of sp³-hybridized carbons (Fsp3) is 0.150. The Balaban J connectivity index is 1.47. The first-order valence-corrected chi connectivity index (χ1v) is 9.29. The van der Waals surface area contributed by atoms with Crippen LogP contribution in [0.5, 0.6) is 0 Å². The number of amides is 2. The van der Waals surface area contributed by atoms with E-state index in [1.165, 1.54) is 18.3 Å². The highest BCUT2D eigenvalue weighted by molar-refractivity contribution is 7.09. The summed E-state index contributed by atoms with van der Waals surface area (Å²) >= 11 is 1.63. The molecule has 0 radical (unpaired) electrons. The van der Waals surface area contributed by atoms with E-state index < -0.39 is 0 Å². The average molecular weight is 383 g/mol. The van der Waals surface area contributed by atoms with Crippen LogP contribution < -0.4 is 10.6 Å². The van der Waals surface area contributed by atoms with Crippen LogP contribution in [0.2, 0.25) is 0 Å². The van der Waals surface area contributed by atoms with Crippen LogP contribution in [0.15, 0.2) is 60.1 Å². The van der Waals surface area contributed by atoms with Crippen LogP contribution in [-0.4, -0.2) is 16.8 Å². The predicted molar refractivity (Wildman–Crippen MR) is 104 cm³/mol. The van der Waals surface area contributed by atoms with Gasteiger partial charge in [-0.3, -0.25) is 9.59 Å². The van der Waals surface area contributed by atoms with Crippen molar-refractivity contribution < 1.29 is 14.0 Å². The molecule has 0 spiro atoms. The lowest BCUT2D eigenvalue weighted by Gasteiger charge is -2.07. The SMILES string of the molecule is O=C(Cc1ccc(F)cc1)Nc1ccc(NC(=O)CCc2cccs2)nc1. The summed E-state index contributed by atoms with van der Waals surface area (Å²) in [5.74, 6) is -0.237. The van der Waals surface area contributed by atoms with Crippen LogP contribution in [0.4, 0.5) is 15.9 Å². The molecule has 0 atom stereocenters. The molecule has 0 fully saturated rings. The highest BCUT2D eigenvalue weighted by Gasteiger charge is 2.07. The Labute approximate surface area is 160 Å². The van der Waals surface area contributed by atoms with Gasteiger partial charge in [0.05, 0.1) is 18.3 Å². The quantitative estimate of drug-likeness (QED) is 0.647. The first kappa shape index (κ1) is 18.7. The molecule has 0 aliphatic rings. The number of pyridine rings is 1. The summed E-state index contributed by atoms with van der Waals surface area (Å²) in [7, 11) is 0. The molecule has 2 heterocycles. The molecule has 138 valence electrons. The monoisotopic (exact) mass is 383 g/mol. The van der Waals surface area contributed by atoms with E-state index in [1.54, 1.807) is 35.6 Å². The number of hydrogen-bond acceptors (Lipinski definition) is 4. The molecule has 5 nitrogen and oxygen atoms in total. The maximum Gasteiger partial charge on any atom is 0.228 e. The molecule has 27 heavy (non-hydrogen) atoms. The first-order chi connectivity index (χ1) is 13.1. The summed E-state index contributed by atoms with van der Waals surface area (Å²) < 4.78 is 12.9. The zero-order valence-electron chi connectivity index (χ0n) is 14.4. The van der Waals surface area contributed by atoms with Crippen LogP contribution in [-0.2, 0) is 22.4 Å². The van der Waals surface area contributed by atoms with Crippen molar-refractivity contribution in [2.45, 2.75) is 19.3 Å². The summed E-state index contributed by atoms with van der Waals surface area (Å²) in [5, 5.41) is 7.44. The Morgan fingerprint density at radius 3 is 2.48 bits per heavy atom. The van der Waals surface area contributed by atoms with E-state index in [0.29, 0.717) is 24.3 Å². The number of benzene rings is 1. The van der Waals surface area contributed by atoms with Crippen molar-refractivity contribution >= 4 is 34.7 Å². The van der Waals surface area contributed by atoms with Gasteiger partial charge in [-0.1, -0.05) is 18.2 Å². The van der Waals surface area contributed by atoms with Crippen LogP contribution >= 0.6 is 11.3 Å². The third kappa shape index (κ3) is 6.00. The van der Waals surface area contributed by atoms with Crippen molar-refractivity contribution in [1.29, 1.82) is 0 Å². The van der Waals surface area contributed by atoms with Gasteiger partial charge >= 0.3 is 0 Å². The topological polar surface area (TPSA) is 71.1 Å². The standard InChI is InChI=1S/C20H18FN3O2S/c21-15-5-3-14(4-6-15)12-20(26)23-16-7-9-18(22-13-16)24-19(25)10-8-17-2-1-11-27-17/h1-7,9,11,13H,8,10,12H2,(H,23,26)(H,22,24,25). The van der Waals surface area contributed by atoms with E-state index >= 15 is 0 Å². The fourth-order valence-corrected chi connectivity index (χ4v) is 3.14. The third-order valence-electron chi connectivity index (χ3n) is 3.77. The number of nitrogens with zero attached hydrogens (tertiary/aromatic N) is 1. The Morgan fingerprint density at radius 2 is 1.81 bits per heavy atom. The van der Waals surface area contributed by atoms with E-state index in [9.17, 15) is 14.0 Å². The molecule has 3 rings (SSSR count). The molecule has 0 aliphatic carbocycles. The molecule has 2 aromatic heterocycles. The molecule has 1 aromatic carbocycles. The van der Waals surface area contributed by atoms with Crippen molar-refractivity contribution in [1.82, 2.24) is 4.98 Å². The molecular weight excluding hydrogens is 365 g/mol. The van der Waals surface area contributed by atoms with Gasteiger partial charge in [-0.15, -0.1) is 11.3 Å².